The van der Waals surface area contributed by atoms with Gasteiger partial charge in [0.05, 0.1) is 0 Å². The van der Waals surface area contributed by atoms with E-state index in [0.29, 0.717) is 0 Å². The van der Waals surface area contributed by atoms with Crippen molar-refractivity contribution >= 4 is 17.8 Å². The normalized spacial score (nSPS) is 26.9. The number of carbonyl (C=O) groups is 3. The van der Waals surface area contributed by atoms with Gasteiger partial charge in [0, 0.05) is 0 Å². The van der Waals surface area contributed by atoms with E-state index >= 15 is 0 Å². The van der Waals surface area contributed by atoms with E-state index in [1.165, 1.54) is 6.92 Å². The summed E-state index contributed by atoms with van der Waals surface area (Å²) in [5.41, 5.74) is 0. The lowest BCUT2D eigenvalue weighted by atomic mass is 9.95. The SMILES string of the molecule is CC(=O)C1C(=O)NC1OC(=O)O. The first-order valence-corrected chi connectivity index (χ1v) is 3.23. The number of amides is 1. The highest BCUT2D eigenvalue weighted by molar-refractivity contribution is 6.05. The van der Waals surface area contributed by atoms with Crippen molar-refractivity contribution < 1.29 is 24.2 Å². The molecule has 2 unspecified atom stereocenters. The van der Waals surface area contributed by atoms with E-state index in [1.54, 1.807) is 0 Å². The largest absolute Gasteiger partial charge is 0.507 e. The van der Waals surface area contributed by atoms with E-state index in [1.807, 2.05) is 0 Å². The molecule has 0 aliphatic carbocycles. The van der Waals surface area contributed by atoms with E-state index in [2.05, 4.69) is 10.1 Å². The quantitative estimate of drug-likeness (QED) is 0.328. The Morgan fingerprint density at radius 3 is 2.50 bits per heavy atom. The van der Waals surface area contributed by atoms with Gasteiger partial charge in [-0.25, -0.2) is 4.79 Å². The van der Waals surface area contributed by atoms with Crippen LogP contribution in [-0.4, -0.2) is 29.2 Å². The number of carboxylic acid groups (broad SMARTS) is 1. The molecule has 1 fully saturated rings. The Kier molecular flexibility index (Phi) is 1.99. The molecule has 6 nitrogen and oxygen atoms in total. The second-order valence-electron chi connectivity index (χ2n) is 2.40. The number of Topliss-reactive ketones (excluding diaryl/α,β-unsaturated/α-hetero) is 1. The molecule has 2 atom stereocenters. The van der Waals surface area contributed by atoms with Crippen molar-refractivity contribution in [1.82, 2.24) is 5.32 Å². The van der Waals surface area contributed by atoms with E-state index < -0.39 is 30.0 Å². The van der Waals surface area contributed by atoms with Crippen molar-refractivity contribution in [1.29, 1.82) is 0 Å². The smallest absolute Gasteiger partial charge is 0.450 e. The van der Waals surface area contributed by atoms with E-state index in [4.69, 9.17) is 5.11 Å². The van der Waals surface area contributed by atoms with Gasteiger partial charge in [-0.1, -0.05) is 0 Å². The zero-order valence-corrected chi connectivity index (χ0v) is 6.23. The van der Waals surface area contributed by atoms with Crippen molar-refractivity contribution in [3.63, 3.8) is 0 Å². The summed E-state index contributed by atoms with van der Waals surface area (Å²) in [6, 6.07) is 0. The number of hydrogen-bond acceptors (Lipinski definition) is 4. The minimum Gasteiger partial charge on any atom is -0.450 e. The van der Waals surface area contributed by atoms with Crippen LogP contribution in [0.2, 0.25) is 0 Å². The fourth-order valence-electron chi connectivity index (χ4n) is 0.958. The number of rotatable bonds is 2. The van der Waals surface area contributed by atoms with Gasteiger partial charge < -0.3 is 15.2 Å². The summed E-state index contributed by atoms with van der Waals surface area (Å²) in [6.45, 7) is 1.21. The third-order valence-corrected chi connectivity index (χ3v) is 1.54. The summed E-state index contributed by atoms with van der Waals surface area (Å²) in [5, 5.41) is 10.3. The van der Waals surface area contributed by atoms with Crippen LogP contribution < -0.4 is 5.32 Å². The van der Waals surface area contributed by atoms with Gasteiger partial charge in [0.1, 0.15) is 5.78 Å². The summed E-state index contributed by atoms with van der Waals surface area (Å²) < 4.78 is 4.19. The fraction of sp³-hybridized carbons (Fsp3) is 0.500. The second kappa shape index (κ2) is 2.80. The van der Waals surface area contributed by atoms with Crippen molar-refractivity contribution in [3.05, 3.63) is 0 Å². The van der Waals surface area contributed by atoms with Gasteiger partial charge in [-0.2, -0.15) is 0 Å². The monoisotopic (exact) mass is 173 g/mol. The summed E-state index contributed by atoms with van der Waals surface area (Å²) in [5.74, 6) is -1.86. The molecule has 6 heteroatoms. The molecule has 0 aromatic heterocycles. The maximum absolute atomic E-state index is 10.7. The maximum atomic E-state index is 10.7. The van der Waals surface area contributed by atoms with Crippen LogP contribution in [0.1, 0.15) is 6.92 Å². The lowest BCUT2D eigenvalue weighted by Crippen LogP contribution is -2.62. The molecule has 0 spiro atoms. The summed E-state index contributed by atoms with van der Waals surface area (Å²) in [6.07, 6.45) is -2.52. The van der Waals surface area contributed by atoms with Crippen LogP contribution in [0.25, 0.3) is 0 Å². The number of ketones is 1. The van der Waals surface area contributed by atoms with Gasteiger partial charge in [0.15, 0.2) is 12.1 Å². The Morgan fingerprint density at radius 1 is 1.58 bits per heavy atom. The van der Waals surface area contributed by atoms with Crippen LogP contribution in [0.5, 0.6) is 0 Å². The van der Waals surface area contributed by atoms with E-state index in [9.17, 15) is 14.4 Å². The molecule has 2 N–H and O–H groups in total. The van der Waals surface area contributed by atoms with Gasteiger partial charge in [-0.05, 0) is 6.92 Å². The van der Waals surface area contributed by atoms with Crippen molar-refractivity contribution in [2.45, 2.75) is 13.2 Å². The molecular formula is C6H7NO5. The van der Waals surface area contributed by atoms with Gasteiger partial charge in [-0.3, -0.25) is 9.59 Å². The third-order valence-electron chi connectivity index (χ3n) is 1.54. The number of hydrogen-bond donors (Lipinski definition) is 2. The lowest BCUT2D eigenvalue weighted by Gasteiger charge is -2.32. The Labute approximate surface area is 67.5 Å². The van der Waals surface area contributed by atoms with Gasteiger partial charge in [-0.15, -0.1) is 0 Å². The summed E-state index contributed by atoms with van der Waals surface area (Å²) >= 11 is 0. The summed E-state index contributed by atoms with van der Waals surface area (Å²) in [7, 11) is 0. The minimum absolute atomic E-state index is 0.398. The highest BCUT2D eigenvalue weighted by atomic mass is 16.7. The number of ether oxygens (including phenoxy) is 1. The van der Waals surface area contributed by atoms with Crippen molar-refractivity contribution in [2.75, 3.05) is 0 Å². The Balaban J connectivity index is 2.54. The van der Waals surface area contributed by atoms with E-state index in [-0.39, 0.29) is 0 Å². The molecule has 1 saturated heterocycles. The molecule has 0 radical (unpaired) electrons. The first kappa shape index (κ1) is 8.51. The predicted octanol–water partition coefficient (Wildman–Crippen LogP) is -0.658. The van der Waals surface area contributed by atoms with Crippen LogP contribution >= 0.6 is 0 Å². The fourth-order valence-corrected chi connectivity index (χ4v) is 0.958. The number of carbonyl (C=O) groups excluding carboxylic acids is 2. The van der Waals surface area contributed by atoms with Crippen molar-refractivity contribution in [2.24, 2.45) is 5.92 Å². The van der Waals surface area contributed by atoms with Gasteiger partial charge in [0.25, 0.3) is 0 Å². The molecular weight excluding hydrogens is 166 g/mol. The molecule has 1 rings (SSSR count). The van der Waals surface area contributed by atoms with Crippen LogP contribution in [0.3, 0.4) is 0 Å². The molecule has 1 heterocycles. The first-order valence-electron chi connectivity index (χ1n) is 3.23. The predicted molar refractivity (Wildman–Crippen MR) is 35.2 cm³/mol. The Hall–Kier alpha value is -1.59. The summed E-state index contributed by atoms with van der Waals surface area (Å²) in [4.78, 5) is 31.3. The van der Waals surface area contributed by atoms with Crippen molar-refractivity contribution in [3.8, 4) is 0 Å². The van der Waals surface area contributed by atoms with Crippen LogP contribution in [0, 0.1) is 5.92 Å². The molecule has 0 saturated carbocycles. The second-order valence-corrected chi connectivity index (χ2v) is 2.40. The van der Waals surface area contributed by atoms with Gasteiger partial charge in [0.2, 0.25) is 5.91 Å². The minimum atomic E-state index is -1.51. The first-order chi connectivity index (χ1) is 5.52. The average molecular weight is 173 g/mol. The van der Waals surface area contributed by atoms with Crippen LogP contribution in [0.4, 0.5) is 4.79 Å². The average Bonchev–Trinajstić information content (AvgIpc) is 1.82. The Bertz CT molecular complexity index is 240. The zero-order valence-electron chi connectivity index (χ0n) is 6.23. The highest BCUT2D eigenvalue weighted by Gasteiger charge is 2.45. The van der Waals surface area contributed by atoms with E-state index in [0.717, 1.165) is 0 Å². The molecule has 1 aliphatic heterocycles. The zero-order chi connectivity index (χ0) is 9.30. The molecule has 0 aromatic carbocycles. The Morgan fingerprint density at radius 2 is 2.17 bits per heavy atom. The molecule has 1 amide bonds. The molecule has 1 aliphatic rings. The molecule has 0 aromatic rings. The molecule has 12 heavy (non-hydrogen) atoms. The van der Waals surface area contributed by atoms with Gasteiger partial charge >= 0.3 is 6.16 Å². The lowest BCUT2D eigenvalue weighted by molar-refractivity contribution is -0.154. The third kappa shape index (κ3) is 1.36. The molecule has 0 bridgehead atoms. The highest BCUT2D eigenvalue weighted by Crippen LogP contribution is 2.16. The van der Waals surface area contributed by atoms with Crippen LogP contribution in [-0.2, 0) is 14.3 Å². The number of nitrogens with one attached hydrogen (secondary N) is 1. The standard InChI is InChI=1S/C6H7NO5/c1-2(8)3-4(9)7-5(3)12-6(10)11/h3,5H,1H3,(H,7,9)(H,10,11). The maximum Gasteiger partial charge on any atom is 0.507 e. The molecule has 66 valence electrons. The number of β-lactam (4-membered cyclic amide) rings is 1. The van der Waals surface area contributed by atoms with Crippen LogP contribution in [0.15, 0.2) is 0 Å². The topological polar surface area (TPSA) is 92.7 Å².